The minimum absolute atomic E-state index is 0.0768. The Morgan fingerprint density at radius 2 is 1.88 bits per heavy atom. The van der Waals surface area contributed by atoms with Crippen LogP contribution in [-0.4, -0.2) is 35.3 Å². The second-order valence-electron chi connectivity index (χ2n) is 5.78. The maximum Gasteiger partial charge on any atom is 0.240 e. The fourth-order valence-electron chi connectivity index (χ4n) is 1.89. The molecule has 0 atom stereocenters. The van der Waals surface area contributed by atoms with Gasteiger partial charge in [-0.15, -0.1) is 0 Å². The van der Waals surface area contributed by atoms with E-state index in [0.717, 1.165) is 19.3 Å². The van der Waals surface area contributed by atoms with Gasteiger partial charge in [0.1, 0.15) is 0 Å². The smallest absolute Gasteiger partial charge is 0.240 e. The molecule has 0 unspecified atom stereocenters. The van der Waals surface area contributed by atoms with Crippen LogP contribution in [0, 0.1) is 5.92 Å². The molecule has 0 radical (unpaired) electrons. The maximum absolute atomic E-state index is 12.0. The van der Waals surface area contributed by atoms with Crippen molar-refractivity contribution in [1.82, 2.24) is 10.2 Å². The van der Waals surface area contributed by atoms with Crippen LogP contribution in [0.1, 0.15) is 47.0 Å². The molecular formula is C13H24N2O2. The lowest BCUT2D eigenvalue weighted by molar-refractivity contribution is -0.141. The molecule has 0 heterocycles. The van der Waals surface area contributed by atoms with Crippen molar-refractivity contribution in [3.8, 4) is 0 Å². The van der Waals surface area contributed by atoms with Crippen molar-refractivity contribution in [3.63, 3.8) is 0 Å². The van der Waals surface area contributed by atoms with Gasteiger partial charge in [-0.25, -0.2) is 0 Å². The van der Waals surface area contributed by atoms with Gasteiger partial charge in [-0.1, -0.05) is 6.42 Å². The molecule has 1 aliphatic carbocycles. The van der Waals surface area contributed by atoms with Crippen LogP contribution in [-0.2, 0) is 9.59 Å². The van der Waals surface area contributed by atoms with E-state index in [1.54, 1.807) is 4.90 Å². The van der Waals surface area contributed by atoms with Gasteiger partial charge in [-0.05, 0) is 40.5 Å². The third kappa shape index (κ3) is 4.36. The molecule has 1 fully saturated rings. The van der Waals surface area contributed by atoms with Gasteiger partial charge in [-0.2, -0.15) is 0 Å². The van der Waals surface area contributed by atoms with E-state index in [9.17, 15) is 9.59 Å². The molecule has 4 heteroatoms. The number of carbonyl (C=O) groups is 2. The summed E-state index contributed by atoms with van der Waals surface area (Å²) >= 11 is 0. The van der Waals surface area contributed by atoms with E-state index in [0.29, 0.717) is 6.54 Å². The van der Waals surface area contributed by atoms with Crippen molar-refractivity contribution in [2.24, 2.45) is 5.92 Å². The van der Waals surface area contributed by atoms with Crippen LogP contribution in [0.4, 0.5) is 0 Å². The van der Waals surface area contributed by atoms with E-state index in [1.807, 2.05) is 27.7 Å². The molecule has 1 saturated carbocycles. The summed E-state index contributed by atoms with van der Waals surface area (Å²) in [5, 5.41) is 2.88. The van der Waals surface area contributed by atoms with Gasteiger partial charge >= 0.3 is 0 Å². The first-order chi connectivity index (χ1) is 7.83. The fourth-order valence-corrected chi connectivity index (χ4v) is 1.89. The third-order valence-corrected chi connectivity index (χ3v) is 3.00. The number of nitrogens with zero attached hydrogens (tertiary/aromatic N) is 1. The monoisotopic (exact) mass is 240 g/mol. The van der Waals surface area contributed by atoms with Crippen LogP contribution in [0.25, 0.3) is 0 Å². The highest BCUT2D eigenvalue weighted by molar-refractivity contribution is 5.86. The zero-order valence-corrected chi connectivity index (χ0v) is 11.4. The quantitative estimate of drug-likeness (QED) is 0.810. The maximum atomic E-state index is 12.0. The number of amides is 2. The second kappa shape index (κ2) is 5.52. The Bertz CT molecular complexity index is 290. The summed E-state index contributed by atoms with van der Waals surface area (Å²) in [5.41, 5.74) is -0.240. The van der Waals surface area contributed by atoms with Gasteiger partial charge < -0.3 is 10.2 Å². The Hall–Kier alpha value is -1.06. The summed E-state index contributed by atoms with van der Waals surface area (Å²) in [6, 6.07) is 0. The summed E-state index contributed by atoms with van der Waals surface area (Å²) in [6.45, 7) is 8.52. The SMILES string of the molecule is CCN(CC(=O)NC(C)(C)C)C(=O)C1CCC1. The van der Waals surface area contributed by atoms with Gasteiger partial charge in [-0.3, -0.25) is 9.59 Å². The van der Waals surface area contributed by atoms with Crippen molar-refractivity contribution in [2.45, 2.75) is 52.5 Å². The number of rotatable bonds is 4. The summed E-state index contributed by atoms with van der Waals surface area (Å²) in [6.07, 6.45) is 3.11. The van der Waals surface area contributed by atoms with Crippen LogP contribution in [0.2, 0.25) is 0 Å². The molecule has 0 aliphatic heterocycles. The second-order valence-corrected chi connectivity index (χ2v) is 5.78. The van der Waals surface area contributed by atoms with Gasteiger partial charge in [0.15, 0.2) is 0 Å². The topological polar surface area (TPSA) is 49.4 Å². The van der Waals surface area contributed by atoms with E-state index in [-0.39, 0.29) is 29.8 Å². The molecule has 0 saturated heterocycles. The van der Waals surface area contributed by atoms with E-state index in [4.69, 9.17) is 0 Å². The fraction of sp³-hybridized carbons (Fsp3) is 0.846. The minimum Gasteiger partial charge on any atom is -0.350 e. The van der Waals surface area contributed by atoms with Crippen molar-refractivity contribution < 1.29 is 9.59 Å². The number of carbonyl (C=O) groups excluding carboxylic acids is 2. The van der Waals surface area contributed by atoms with Gasteiger partial charge in [0.05, 0.1) is 6.54 Å². The number of likely N-dealkylation sites (N-methyl/N-ethyl adjacent to an activating group) is 1. The molecule has 17 heavy (non-hydrogen) atoms. The lowest BCUT2D eigenvalue weighted by Crippen LogP contribution is -2.49. The highest BCUT2D eigenvalue weighted by atomic mass is 16.2. The van der Waals surface area contributed by atoms with Crippen LogP contribution in [0.15, 0.2) is 0 Å². The Labute approximate surface area is 104 Å². The third-order valence-electron chi connectivity index (χ3n) is 3.00. The molecule has 4 nitrogen and oxygen atoms in total. The average molecular weight is 240 g/mol. The zero-order valence-electron chi connectivity index (χ0n) is 11.4. The van der Waals surface area contributed by atoms with Crippen LogP contribution in [0.5, 0.6) is 0 Å². The van der Waals surface area contributed by atoms with Crippen molar-refractivity contribution in [2.75, 3.05) is 13.1 Å². The Balaban J connectivity index is 2.45. The van der Waals surface area contributed by atoms with E-state index < -0.39 is 0 Å². The largest absolute Gasteiger partial charge is 0.350 e. The molecule has 0 aromatic rings. The highest BCUT2D eigenvalue weighted by Crippen LogP contribution is 2.28. The summed E-state index contributed by atoms with van der Waals surface area (Å²) in [5.74, 6) is 0.229. The molecule has 1 N–H and O–H groups in total. The highest BCUT2D eigenvalue weighted by Gasteiger charge is 2.29. The molecule has 0 spiro atoms. The molecule has 98 valence electrons. The normalized spacial score (nSPS) is 16.2. The van der Waals surface area contributed by atoms with E-state index in [1.165, 1.54) is 0 Å². The standard InChI is InChI=1S/C13H24N2O2/c1-5-15(12(17)10-7-6-8-10)9-11(16)14-13(2,3)4/h10H,5-9H2,1-4H3,(H,14,16). The first-order valence-corrected chi connectivity index (χ1v) is 6.43. The number of hydrogen-bond donors (Lipinski definition) is 1. The first kappa shape index (κ1) is 14.0. The van der Waals surface area contributed by atoms with Gasteiger partial charge in [0.2, 0.25) is 11.8 Å². The van der Waals surface area contributed by atoms with E-state index in [2.05, 4.69) is 5.32 Å². The summed E-state index contributed by atoms with van der Waals surface area (Å²) < 4.78 is 0. The molecule has 0 aromatic carbocycles. The predicted octanol–water partition coefficient (Wildman–Crippen LogP) is 1.55. The zero-order chi connectivity index (χ0) is 13.1. The van der Waals surface area contributed by atoms with Crippen molar-refractivity contribution >= 4 is 11.8 Å². The molecule has 2 amide bonds. The van der Waals surface area contributed by atoms with Crippen molar-refractivity contribution in [1.29, 1.82) is 0 Å². The molecule has 1 rings (SSSR count). The first-order valence-electron chi connectivity index (χ1n) is 6.43. The van der Waals surface area contributed by atoms with Gasteiger partial charge in [0.25, 0.3) is 0 Å². The summed E-state index contributed by atoms with van der Waals surface area (Å²) in [4.78, 5) is 25.4. The number of nitrogens with one attached hydrogen (secondary N) is 1. The Morgan fingerprint density at radius 3 is 2.24 bits per heavy atom. The Morgan fingerprint density at radius 1 is 1.29 bits per heavy atom. The Kier molecular flexibility index (Phi) is 4.54. The molecule has 1 aliphatic rings. The van der Waals surface area contributed by atoms with Crippen LogP contribution >= 0.6 is 0 Å². The molecular weight excluding hydrogens is 216 g/mol. The van der Waals surface area contributed by atoms with Gasteiger partial charge in [0, 0.05) is 18.0 Å². The number of hydrogen-bond acceptors (Lipinski definition) is 2. The molecule has 0 bridgehead atoms. The lowest BCUT2D eigenvalue weighted by atomic mass is 9.84. The van der Waals surface area contributed by atoms with Crippen LogP contribution in [0.3, 0.4) is 0 Å². The predicted molar refractivity (Wildman–Crippen MR) is 67.5 cm³/mol. The van der Waals surface area contributed by atoms with E-state index >= 15 is 0 Å². The molecule has 0 aromatic heterocycles. The van der Waals surface area contributed by atoms with Crippen LogP contribution < -0.4 is 5.32 Å². The average Bonchev–Trinajstić information content (AvgIpc) is 2.08. The van der Waals surface area contributed by atoms with Crippen molar-refractivity contribution in [3.05, 3.63) is 0 Å². The summed E-state index contributed by atoms with van der Waals surface area (Å²) in [7, 11) is 0. The lowest BCUT2D eigenvalue weighted by Gasteiger charge is -2.31. The minimum atomic E-state index is -0.240.